The maximum atomic E-state index is 11.6. The van der Waals surface area contributed by atoms with E-state index in [2.05, 4.69) is 10.4 Å². The molecule has 2 N–H and O–H groups in total. The van der Waals surface area contributed by atoms with Gasteiger partial charge in [0, 0.05) is 18.1 Å². The lowest BCUT2D eigenvalue weighted by Gasteiger charge is -2.06. The van der Waals surface area contributed by atoms with Crippen molar-refractivity contribution >= 4 is 29.3 Å². The van der Waals surface area contributed by atoms with Crippen LogP contribution in [0.25, 0.3) is 5.69 Å². The maximum absolute atomic E-state index is 11.6. The number of carboxylic acids is 1. The predicted octanol–water partition coefficient (Wildman–Crippen LogP) is 1.63. The lowest BCUT2D eigenvalue weighted by atomic mass is 10.3. The van der Waals surface area contributed by atoms with Crippen LogP contribution >= 0.6 is 11.8 Å². The first kappa shape index (κ1) is 14.1. The summed E-state index contributed by atoms with van der Waals surface area (Å²) in [5.74, 6) is -1.10. The summed E-state index contributed by atoms with van der Waals surface area (Å²) in [6, 6.07) is 9.06. The topological polar surface area (TPSA) is 84.2 Å². The standard InChI is InChI=1S/C13H13N3O3S/c17-12(8-20-9-13(18)19)15-10-2-4-11(5-3-10)16-7-1-6-14-16/h1-7H,8-9H2,(H,15,17)(H,18,19). The molecule has 1 heterocycles. The Balaban J connectivity index is 1.87. The number of nitrogens with zero attached hydrogens (tertiary/aromatic N) is 2. The minimum Gasteiger partial charge on any atom is -0.481 e. The van der Waals surface area contributed by atoms with E-state index in [1.807, 2.05) is 24.4 Å². The molecule has 2 aromatic rings. The van der Waals surface area contributed by atoms with Gasteiger partial charge in [0.15, 0.2) is 0 Å². The molecule has 0 spiro atoms. The molecule has 104 valence electrons. The molecule has 0 bridgehead atoms. The van der Waals surface area contributed by atoms with Gasteiger partial charge < -0.3 is 10.4 Å². The summed E-state index contributed by atoms with van der Waals surface area (Å²) in [4.78, 5) is 21.9. The fourth-order valence-electron chi connectivity index (χ4n) is 1.55. The average Bonchev–Trinajstić information content (AvgIpc) is 2.93. The van der Waals surface area contributed by atoms with Gasteiger partial charge in [0.05, 0.1) is 17.2 Å². The molecule has 7 heteroatoms. The highest BCUT2D eigenvalue weighted by molar-refractivity contribution is 8.00. The van der Waals surface area contributed by atoms with E-state index in [1.165, 1.54) is 0 Å². The summed E-state index contributed by atoms with van der Waals surface area (Å²) in [7, 11) is 0. The third-order valence-electron chi connectivity index (χ3n) is 2.38. The number of anilines is 1. The highest BCUT2D eigenvalue weighted by Gasteiger charge is 2.05. The number of aliphatic carboxylic acids is 1. The van der Waals surface area contributed by atoms with E-state index >= 15 is 0 Å². The number of amides is 1. The molecular formula is C13H13N3O3S. The molecule has 0 saturated carbocycles. The molecule has 2 rings (SSSR count). The molecule has 0 aliphatic rings. The Morgan fingerprint density at radius 1 is 1.25 bits per heavy atom. The van der Waals surface area contributed by atoms with E-state index in [0.717, 1.165) is 17.4 Å². The molecule has 0 unspecified atom stereocenters. The van der Waals surface area contributed by atoms with Crippen LogP contribution < -0.4 is 5.32 Å². The van der Waals surface area contributed by atoms with E-state index in [-0.39, 0.29) is 17.4 Å². The second kappa shape index (κ2) is 6.76. The number of hydrogen-bond donors (Lipinski definition) is 2. The van der Waals surface area contributed by atoms with Crippen molar-refractivity contribution in [2.75, 3.05) is 16.8 Å². The van der Waals surface area contributed by atoms with Crippen molar-refractivity contribution < 1.29 is 14.7 Å². The van der Waals surface area contributed by atoms with Gasteiger partial charge in [0.25, 0.3) is 0 Å². The molecule has 1 amide bonds. The number of rotatable bonds is 6. The van der Waals surface area contributed by atoms with Gasteiger partial charge in [-0.2, -0.15) is 5.10 Å². The van der Waals surface area contributed by atoms with Gasteiger partial charge in [0.1, 0.15) is 0 Å². The molecule has 0 fully saturated rings. The number of benzene rings is 1. The Morgan fingerprint density at radius 3 is 2.60 bits per heavy atom. The lowest BCUT2D eigenvalue weighted by Crippen LogP contribution is -2.15. The molecule has 1 aromatic heterocycles. The smallest absolute Gasteiger partial charge is 0.313 e. The van der Waals surface area contributed by atoms with Crippen molar-refractivity contribution in [1.29, 1.82) is 0 Å². The SMILES string of the molecule is O=C(O)CSCC(=O)Nc1ccc(-n2cccn2)cc1. The molecule has 0 radical (unpaired) electrons. The lowest BCUT2D eigenvalue weighted by molar-refractivity contribution is -0.133. The molecule has 0 atom stereocenters. The largest absolute Gasteiger partial charge is 0.481 e. The Bertz CT molecular complexity index is 581. The highest BCUT2D eigenvalue weighted by Crippen LogP contribution is 2.13. The number of hydrogen-bond acceptors (Lipinski definition) is 4. The highest BCUT2D eigenvalue weighted by atomic mass is 32.2. The minimum atomic E-state index is -0.925. The first-order valence-corrected chi connectivity index (χ1v) is 7.00. The zero-order chi connectivity index (χ0) is 14.4. The van der Waals surface area contributed by atoms with Gasteiger partial charge in [-0.1, -0.05) is 0 Å². The summed E-state index contributed by atoms with van der Waals surface area (Å²) in [6.45, 7) is 0. The second-order valence-electron chi connectivity index (χ2n) is 3.93. The van der Waals surface area contributed by atoms with Gasteiger partial charge in [-0.15, -0.1) is 11.8 Å². The van der Waals surface area contributed by atoms with Crippen molar-refractivity contribution in [3.8, 4) is 5.69 Å². The third-order valence-corrected chi connectivity index (χ3v) is 3.30. The molecule has 0 aliphatic carbocycles. The Labute approximate surface area is 119 Å². The first-order chi connectivity index (χ1) is 9.65. The number of carboxylic acid groups (broad SMARTS) is 1. The molecule has 6 nitrogen and oxygen atoms in total. The molecule has 20 heavy (non-hydrogen) atoms. The number of carbonyl (C=O) groups excluding carboxylic acids is 1. The summed E-state index contributed by atoms with van der Waals surface area (Å²) in [5, 5.41) is 15.3. The number of thioether (sulfide) groups is 1. The number of aromatic nitrogens is 2. The van der Waals surface area contributed by atoms with Crippen LogP contribution in [0.5, 0.6) is 0 Å². The first-order valence-electron chi connectivity index (χ1n) is 5.84. The van der Waals surface area contributed by atoms with Crippen molar-refractivity contribution in [3.05, 3.63) is 42.7 Å². The Morgan fingerprint density at radius 2 is 2.00 bits per heavy atom. The van der Waals surface area contributed by atoms with Gasteiger partial charge in [-0.25, -0.2) is 4.68 Å². The normalized spacial score (nSPS) is 10.2. The Kier molecular flexibility index (Phi) is 4.78. The summed E-state index contributed by atoms with van der Waals surface area (Å²) < 4.78 is 1.72. The fourth-order valence-corrected chi connectivity index (χ4v) is 2.08. The van der Waals surface area contributed by atoms with Gasteiger partial charge in [-0.3, -0.25) is 9.59 Å². The zero-order valence-electron chi connectivity index (χ0n) is 10.5. The van der Waals surface area contributed by atoms with Crippen molar-refractivity contribution in [3.63, 3.8) is 0 Å². The van der Waals surface area contributed by atoms with Crippen molar-refractivity contribution in [2.45, 2.75) is 0 Å². The molecule has 1 aromatic carbocycles. The quantitative estimate of drug-likeness (QED) is 0.845. The Hall–Kier alpha value is -2.28. The average molecular weight is 291 g/mol. The molecule has 0 aliphatic heterocycles. The predicted molar refractivity (Wildman–Crippen MR) is 77.2 cm³/mol. The summed E-state index contributed by atoms with van der Waals surface area (Å²) in [5.41, 5.74) is 1.56. The van der Waals surface area contributed by atoms with Crippen LogP contribution in [0.15, 0.2) is 42.7 Å². The van der Waals surface area contributed by atoms with Gasteiger partial charge >= 0.3 is 5.97 Å². The van der Waals surface area contributed by atoms with Crippen LogP contribution in [0.4, 0.5) is 5.69 Å². The monoisotopic (exact) mass is 291 g/mol. The summed E-state index contributed by atoms with van der Waals surface area (Å²) >= 11 is 1.06. The van der Waals surface area contributed by atoms with E-state index in [4.69, 9.17) is 5.11 Å². The van der Waals surface area contributed by atoms with Crippen LogP contribution in [0.3, 0.4) is 0 Å². The van der Waals surface area contributed by atoms with Crippen molar-refractivity contribution in [1.82, 2.24) is 9.78 Å². The fraction of sp³-hybridized carbons (Fsp3) is 0.154. The summed E-state index contributed by atoms with van der Waals surface area (Å²) in [6.07, 6.45) is 3.52. The maximum Gasteiger partial charge on any atom is 0.313 e. The third kappa shape index (κ3) is 4.13. The van der Waals surface area contributed by atoms with E-state index in [1.54, 1.807) is 23.0 Å². The van der Waals surface area contributed by atoms with Crippen LogP contribution in [0.2, 0.25) is 0 Å². The second-order valence-corrected chi connectivity index (χ2v) is 4.92. The van der Waals surface area contributed by atoms with Crippen LogP contribution in [-0.4, -0.2) is 38.3 Å². The minimum absolute atomic E-state index is 0.0777. The van der Waals surface area contributed by atoms with Crippen LogP contribution in [-0.2, 0) is 9.59 Å². The van der Waals surface area contributed by atoms with E-state index < -0.39 is 5.97 Å². The van der Waals surface area contributed by atoms with Crippen LogP contribution in [0.1, 0.15) is 0 Å². The van der Waals surface area contributed by atoms with E-state index in [9.17, 15) is 9.59 Å². The van der Waals surface area contributed by atoms with E-state index in [0.29, 0.717) is 5.69 Å². The number of carbonyl (C=O) groups is 2. The van der Waals surface area contributed by atoms with Crippen LogP contribution in [0, 0.1) is 0 Å². The molecule has 0 saturated heterocycles. The zero-order valence-corrected chi connectivity index (χ0v) is 11.3. The van der Waals surface area contributed by atoms with Crippen molar-refractivity contribution in [2.24, 2.45) is 0 Å². The number of nitrogens with one attached hydrogen (secondary N) is 1. The molecular weight excluding hydrogens is 278 g/mol. The van der Waals surface area contributed by atoms with Gasteiger partial charge in [-0.05, 0) is 30.3 Å². The van der Waals surface area contributed by atoms with Gasteiger partial charge in [0.2, 0.25) is 5.91 Å².